The Hall–Kier alpha value is -4.16. The predicted octanol–water partition coefficient (Wildman–Crippen LogP) is 4.01. The van der Waals surface area contributed by atoms with Crippen LogP contribution in [-0.2, 0) is 0 Å². The van der Waals surface area contributed by atoms with Crippen molar-refractivity contribution in [2.24, 2.45) is 10.2 Å². The Morgan fingerprint density at radius 2 is 1.18 bits per heavy atom. The number of hydrogen-bond acceptors (Lipinski definition) is 4. The van der Waals surface area contributed by atoms with Gasteiger partial charge in [0, 0.05) is 23.5 Å². The van der Waals surface area contributed by atoms with E-state index in [0.29, 0.717) is 11.4 Å². The summed E-state index contributed by atoms with van der Waals surface area (Å²) < 4.78 is 3.70. The minimum atomic E-state index is 0.592. The normalized spacial score (nSPS) is 11.6. The molecule has 4 heterocycles. The molecule has 0 unspecified atom stereocenters. The van der Waals surface area contributed by atoms with Crippen LogP contribution in [0.3, 0.4) is 0 Å². The highest BCUT2D eigenvalue weighted by Crippen LogP contribution is 2.22. The SMILES string of the molecule is Cc1c(/C=N/N=C/c2c(C)c(C#N)n3ccccc23)c2ccccn2c1C#N. The Morgan fingerprint density at radius 3 is 1.57 bits per heavy atom. The molecule has 4 aromatic heterocycles. The third-order valence-electron chi connectivity index (χ3n) is 4.92. The van der Waals surface area contributed by atoms with Crippen LogP contribution in [0.4, 0.5) is 0 Å². The lowest BCUT2D eigenvalue weighted by molar-refractivity contribution is 1.14. The van der Waals surface area contributed by atoms with E-state index in [-0.39, 0.29) is 0 Å². The van der Waals surface area contributed by atoms with Gasteiger partial charge in [0.15, 0.2) is 0 Å². The number of nitrogens with zero attached hydrogens (tertiary/aromatic N) is 6. The first-order valence-electron chi connectivity index (χ1n) is 8.73. The second-order valence-corrected chi connectivity index (χ2v) is 6.40. The van der Waals surface area contributed by atoms with Crippen molar-refractivity contribution in [3.8, 4) is 12.1 Å². The molecule has 0 saturated carbocycles. The molecule has 0 N–H and O–H groups in total. The maximum absolute atomic E-state index is 9.43. The number of rotatable bonds is 3. The third-order valence-corrected chi connectivity index (χ3v) is 4.92. The Balaban J connectivity index is 1.74. The van der Waals surface area contributed by atoms with Crippen LogP contribution in [-0.4, -0.2) is 21.2 Å². The topological polar surface area (TPSA) is 81.1 Å². The average molecular weight is 364 g/mol. The molecule has 0 spiro atoms. The van der Waals surface area contributed by atoms with Crippen LogP contribution >= 0.6 is 0 Å². The quantitative estimate of drug-likeness (QED) is 0.407. The highest BCUT2D eigenvalue weighted by atomic mass is 15.2. The number of fused-ring (bicyclic) bond motifs is 2. The zero-order valence-electron chi connectivity index (χ0n) is 15.5. The molecule has 0 aliphatic rings. The second kappa shape index (κ2) is 6.86. The second-order valence-electron chi connectivity index (χ2n) is 6.40. The molecule has 4 rings (SSSR count). The largest absolute Gasteiger partial charge is 0.307 e. The number of pyridine rings is 2. The summed E-state index contributed by atoms with van der Waals surface area (Å²) in [6, 6.07) is 16.0. The van der Waals surface area contributed by atoms with Crippen LogP contribution < -0.4 is 0 Å². The summed E-state index contributed by atoms with van der Waals surface area (Å²) in [5.41, 5.74) is 6.47. The monoisotopic (exact) mass is 364 g/mol. The van der Waals surface area contributed by atoms with E-state index in [1.807, 2.05) is 71.4 Å². The molecule has 0 radical (unpaired) electrons. The highest BCUT2D eigenvalue weighted by molar-refractivity contribution is 5.95. The Bertz CT molecular complexity index is 1250. The lowest BCUT2D eigenvalue weighted by Crippen LogP contribution is -1.86. The van der Waals surface area contributed by atoms with E-state index in [2.05, 4.69) is 22.3 Å². The van der Waals surface area contributed by atoms with Crippen molar-refractivity contribution in [3.05, 3.63) is 82.4 Å². The van der Waals surface area contributed by atoms with E-state index in [0.717, 1.165) is 33.3 Å². The van der Waals surface area contributed by atoms with Gasteiger partial charge in [-0.3, -0.25) is 0 Å². The molecule has 134 valence electrons. The van der Waals surface area contributed by atoms with Crippen molar-refractivity contribution in [1.82, 2.24) is 8.80 Å². The summed E-state index contributed by atoms with van der Waals surface area (Å²) in [4.78, 5) is 0. The van der Waals surface area contributed by atoms with Gasteiger partial charge in [-0.2, -0.15) is 20.7 Å². The zero-order chi connectivity index (χ0) is 19.7. The van der Waals surface area contributed by atoms with Gasteiger partial charge in [0.05, 0.1) is 23.5 Å². The van der Waals surface area contributed by atoms with Crippen molar-refractivity contribution in [3.63, 3.8) is 0 Å². The standard InChI is InChI=1S/C22H16N6/c1-15-17(19-7-3-5-9-27(19)21(15)11-23)13-25-26-14-18-16(2)22(12-24)28-10-6-4-8-20(18)28/h3-10,13-14H,1-2H3/b25-13+,26-14+. The summed E-state index contributed by atoms with van der Waals surface area (Å²) in [6.45, 7) is 3.81. The molecule has 0 amide bonds. The van der Waals surface area contributed by atoms with E-state index in [9.17, 15) is 10.5 Å². The molecule has 28 heavy (non-hydrogen) atoms. The molecule has 0 saturated heterocycles. The predicted molar refractivity (Wildman–Crippen MR) is 109 cm³/mol. The summed E-state index contributed by atoms with van der Waals surface area (Å²) in [6.07, 6.45) is 7.06. The minimum Gasteiger partial charge on any atom is -0.307 e. The summed E-state index contributed by atoms with van der Waals surface area (Å²) in [5.74, 6) is 0. The van der Waals surface area contributed by atoms with E-state index >= 15 is 0 Å². The van der Waals surface area contributed by atoms with Crippen LogP contribution in [0.25, 0.3) is 11.0 Å². The molecular weight excluding hydrogens is 348 g/mol. The van der Waals surface area contributed by atoms with E-state index in [4.69, 9.17) is 0 Å². The fourth-order valence-corrected chi connectivity index (χ4v) is 3.50. The molecule has 0 aliphatic heterocycles. The van der Waals surface area contributed by atoms with Crippen LogP contribution in [0, 0.1) is 36.5 Å². The summed E-state index contributed by atoms with van der Waals surface area (Å²) in [5, 5.41) is 27.3. The van der Waals surface area contributed by atoms with E-state index in [1.165, 1.54) is 0 Å². The fourth-order valence-electron chi connectivity index (χ4n) is 3.50. The van der Waals surface area contributed by atoms with Gasteiger partial charge in [-0.1, -0.05) is 12.1 Å². The molecule has 4 aromatic rings. The van der Waals surface area contributed by atoms with Crippen LogP contribution in [0.5, 0.6) is 0 Å². The molecule has 0 fully saturated rings. The van der Waals surface area contributed by atoms with Gasteiger partial charge in [-0.15, -0.1) is 0 Å². The van der Waals surface area contributed by atoms with Gasteiger partial charge < -0.3 is 8.80 Å². The first-order chi connectivity index (χ1) is 13.7. The zero-order valence-corrected chi connectivity index (χ0v) is 15.5. The number of nitriles is 2. The van der Waals surface area contributed by atoms with Gasteiger partial charge in [0.25, 0.3) is 0 Å². The number of aromatic nitrogens is 2. The Labute approximate surface area is 161 Å². The Morgan fingerprint density at radius 1 is 0.750 bits per heavy atom. The molecular formula is C22H16N6. The van der Waals surface area contributed by atoms with Crippen molar-refractivity contribution in [2.45, 2.75) is 13.8 Å². The number of hydrogen-bond donors (Lipinski definition) is 0. The maximum atomic E-state index is 9.43. The molecule has 0 atom stereocenters. The molecule has 6 heteroatoms. The van der Waals surface area contributed by atoms with Gasteiger partial charge in [-0.25, -0.2) is 0 Å². The smallest absolute Gasteiger partial charge is 0.128 e. The van der Waals surface area contributed by atoms with E-state index < -0.39 is 0 Å². The average Bonchev–Trinajstić information content (AvgIpc) is 3.15. The van der Waals surface area contributed by atoms with Crippen LogP contribution in [0.1, 0.15) is 33.6 Å². The summed E-state index contributed by atoms with van der Waals surface area (Å²) in [7, 11) is 0. The highest BCUT2D eigenvalue weighted by Gasteiger charge is 2.13. The van der Waals surface area contributed by atoms with Gasteiger partial charge in [0.2, 0.25) is 0 Å². The van der Waals surface area contributed by atoms with Crippen molar-refractivity contribution in [2.75, 3.05) is 0 Å². The first-order valence-corrected chi connectivity index (χ1v) is 8.73. The van der Waals surface area contributed by atoms with Gasteiger partial charge in [0.1, 0.15) is 23.5 Å². The Kier molecular flexibility index (Phi) is 4.23. The lowest BCUT2D eigenvalue weighted by Gasteiger charge is -1.95. The molecule has 6 nitrogen and oxygen atoms in total. The van der Waals surface area contributed by atoms with E-state index in [1.54, 1.807) is 12.4 Å². The van der Waals surface area contributed by atoms with Gasteiger partial charge >= 0.3 is 0 Å². The van der Waals surface area contributed by atoms with Crippen molar-refractivity contribution < 1.29 is 0 Å². The first kappa shape index (κ1) is 17.3. The summed E-state index contributed by atoms with van der Waals surface area (Å²) >= 11 is 0. The van der Waals surface area contributed by atoms with Crippen molar-refractivity contribution in [1.29, 1.82) is 10.5 Å². The minimum absolute atomic E-state index is 0.592. The van der Waals surface area contributed by atoms with Crippen molar-refractivity contribution >= 4 is 23.5 Å². The molecule has 0 bridgehead atoms. The molecule has 0 aromatic carbocycles. The van der Waals surface area contributed by atoms with Gasteiger partial charge in [-0.05, 0) is 49.2 Å². The maximum Gasteiger partial charge on any atom is 0.128 e. The van der Waals surface area contributed by atoms with Crippen LogP contribution in [0.2, 0.25) is 0 Å². The van der Waals surface area contributed by atoms with Crippen LogP contribution in [0.15, 0.2) is 59.0 Å². The molecule has 0 aliphatic carbocycles. The lowest BCUT2D eigenvalue weighted by atomic mass is 10.1. The third kappa shape index (κ3) is 2.56. The fraction of sp³-hybridized carbons (Fsp3) is 0.0909.